The van der Waals surface area contributed by atoms with Gasteiger partial charge < -0.3 is 35.2 Å². The van der Waals surface area contributed by atoms with Crippen molar-refractivity contribution in [3.63, 3.8) is 0 Å². The van der Waals surface area contributed by atoms with Crippen LogP contribution < -0.4 is 30.5 Å². The van der Waals surface area contributed by atoms with Crippen LogP contribution in [0.15, 0.2) is 84.9 Å². The Morgan fingerprint density at radius 2 is 1.50 bits per heavy atom. The predicted molar refractivity (Wildman–Crippen MR) is 169 cm³/mol. The normalized spacial score (nSPS) is 13.1. The van der Waals surface area contributed by atoms with Crippen LogP contribution in [0.3, 0.4) is 0 Å². The van der Waals surface area contributed by atoms with E-state index in [1.807, 2.05) is 72.8 Å². The first-order chi connectivity index (χ1) is 20.6. The molecule has 0 unspecified atom stereocenters. The molecule has 3 N–H and O–H groups in total. The first kappa shape index (κ1) is 28.8. The van der Waals surface area contributed by atoms with Gasteiger partial charge in [0.15, 0.2) is 0 Å². The molecule has 1 fully saturated rings. The number of rotatable bonds is 10. The summed E-state index contributed by atoms with van der Waals surface area (Å²) in [6, 6.07) is 26.8. The van der Waals surface area contributed by atoms with E-state index in [1.54, 1.807) is 20.3 Å². The number of carbonyl (C=O) groups is 2. The van der Waals surface area contributed by atoms with Gasteiger partial charge in [-0.3, -0.25) is 4.79 Å². The second kappa shape index (κ2) is 13.7. The quantitative estimate of drug-likeness (QED) is 0.217. The van der Waals surface area contributed by atoms with Crippen molar-refractivity contribution in [2.75, 3.05) is 74.0 Å². The highest BCUT2D eigenvalue weighted by atomic mass is 16.5. The SMILES string of the molecule is COCCCNC(=O)c1cc(NC(=O)Nc2cccc3ccccc23)ccc1N1CCN(c2ccccc2OC)CC1. The number of amides is 3. The number of nitrogens with zero attached hydrogens (tertiary/aromatic N) is 2. The monoisotopic (exact) mass is 567 g/mol. The third-order valence-electron chi connectivity index (χ3n) is 7.39. The third-order valence-corrected chi connectivity index (χ3v) is 7.39. The van der Waals surface area contributed by atoms with Crippen molar-refractivity contribution in [2.24, 2.45) is 0 Å². The van der Waals surface area contributed by atoms with Crippen LogP contribution in [0.2, 0.25) is 0 Å². The standard InChI is InChI=1S/C33H37N5O4/c1-41-22-8-17-34-32(39)27-23-25(35-33(40)36-28-12-7-10-24-9-3-4-11-26(24)28)15-16-29(27)37-18-20-38(21-19-37)30-13-5-6-14-31(30)42-2/h3-7,9-16,23H,8,17-22H2,1-2H3,(H,34,39)(H2,35,36,40). The summed E-state index contributed by atoms with van der Waals surface area (Å²) >= 11 is 0. The van der Waals surface area contributed by atoms with Gasteiger partial charge in [0.1, 0.15) is 5.75 Å². The lowest BCUT2D eigenvalue weighted by molar-refractivity contribution is 0.0949. The summed E-state index contributed by atoms with van der Waals surface area (Å²) in [6.07, 6.45) is 0.709. The number of urea groups is 1. The number of ether oxygens (including phenoxy) is 2. The maximum absolute atomic E-state index is 13.4. The fourth-order valence-corrected chi connectivity index (χ4v) is 5.28. The van der Waals surface area contributed by atoms with Crippen molar-refractivity contribution in [3.8, 4) is 5.75 Å². The second-order valence-electron chi connectivity index (χ2n) is 10.1. The molecule has 0 aliphatic carbocycles. The molecule has 0 spiro atoms. The molecule has 42 heavy (non-hydrogen) atoms. The number of methoxy groups -OCH3 is 2. The molecular formula is C33H37N5O4. The van der Waals surface area contributed by atoms with Crippen LogP contribution in [0, 0.1) is 0 Å². The summed E-state index contributed by atoms with van der Waals surface area (Å²) in [5, 5.41) is 10.8. The summed E-state index contributed by atoms with van der Waals surface area (Å²) in [4.78, 5) is 30.9. The van der Waals surface area contributed by atoms with Crippen molar-refractivity contribution in [3.05, 3.63) is 90.5 Å². The molecular weight excluding hydrogens is 530 g/mol. The largest absolute Gasteiger partial charge is 0.495 e. The highest BCUT2D eigenvalue weighted by Gasteiger charge is 2.24. The molecule has 1 heterocycles. The number of hydrogen-bond donors (Lipinski definition) is 3. The molecule has 5 rings (SSSR count). The average Bonchev–Trinajstić information content (AvgIpc) is 3.03. The van der Waals surface area contributed by atoms with Crippen LogP contribution in [0.5, 0.6) is 5.75 Å². The van der Waals surface area contributed by atoms with E-state index in [2.05, 4.69) is 31.8 Å². The number of fused-ring (bicyclic) bond motifs is 1. The number of benzene rings is 4. The summed E-state index contributed by atoms with van der Waals surface area (Å²) < 4.78 is 10.7. The van der Waals surface area contributed by atoms with Crippen LogP contribution >= 0.6 is 0 Å². The topological polar surface area (TPSA) is 95.2 Å². The number of para-hydroxylation sites is 2. The molecule has 0 aromatic heterocycles. The summed E-state index contributed by atoms with van der Waals surface area (Å²) in [6.45, 7) is 4.08. The number of hydrogen-bond acceptors (Lipinski definition) is 6. The fourth-order valence-electron chi connectivity index (χ4n) is 5.28. The molecule has 3 amide bonds. The van der Waals surface area contributed by atoms with E-state index in [-0.39, 0.29) is 11.9 Å². The van der Waals surface area contributed by atoms with Gasteiger partial charge in [-0.25, -0.2) is 4.79 Å². The molecule has 1 saturated heterocycles. The number of nitrogens with one attached hydrogen (secondary N) is 3. The van der Waals surface area contributed by atoms with Gasteiger partial charge >= 0.3 is 6.03 Å². The average molecular weight is 568 g/mol. The van der Waals surface area contributed by atoms with E-state index >= 15 is 0 Å². The summed E-state index contributed by atoms with van der Waals surface area (Å²) in [7, 11) is 3.33. The molecule has 1 aliphatic rings. The molecule has 4 aromatic rings. The highest BCUT2D eigenvalue weighted by Crippen LogP contribution is 2.31. The molecule has 218 valence electrons. The molecule has 9 heteroatoms. The summed E-state index contributed by atoms with van der Waals surface area (Å²) in [5.74, 6) is 0.658. The maximum atomic E-state index is 13.4. The minimum atomic E-state index is -0.379. The highest BCUT2D eigenvalue weighted by molar-refractivity contribution is 6.07. The van der Waals surface area contributed by atoms with Gasteiger partial charge in [0, 0.05) is 63.2 Å². The Morgan fingerprint density at radius 1 is 0.786 bits per heavy atom. The molecule has 0 saturated carbocycles. The van der Waals surface area contributed by atoms with E-state index in [4.69, 9.17) is 9.47 Å². The zero-order valence-electron chi connectivity index (χ0n) is 24.1. The zero-order chi connectivity index (χ0) is 29.3. The van der Waals surface area contributed by atoms with Crippen LogP contribution in [-0.2, 0) is 4.74 Å². The Labute approximate surface area is 246 Å². The van der Waals surface area contributed by atoms with E-state index in [0.717, 1.165) is 54.1 Å². The van der Waals surface area contributed by atoms with E-state index in [0.29, 0.717) is 36.5 Å². The smallest absolute Gasteiger partial charge is 0.323 e. The lowest BCUT2D eigenvalue weighted by Crippen LogP contribution is -2.47. The number of anilines is 4. The molecule has 1 aliphatic heterocycles. The van der Waals surface area contributed by atoms with Crippen LogP contribution in [0.4, 0.5) is 27.5 Å². The van der Waals surface area contributed by atoms with Crippen molar-refractivity contribution in [1.82, 2.24) is 5.32 Å². The number of piperazine rings is 1. The van der Waals surface area contributed by atoms with Gasteiger partial charge in [0.25, 0.3) is 5.91 Å². The third kappa shape index (κ3) is 6.75. The molecule has 0 bridgehead atoms. The van der Waals surface area contributed by atoms with E-state index in [1.165, 1.54) is 0 Å². The Balaban J connectivity index is 1.32. The second-order valence-corrected chi connectivity index (χ2v) is 10.1. The van der Waals surface area contributed by atoms with Crippen LogP contribution in [-0.4, -0.2) is 65.5 Å². The van der Waals surface area contributed by atoms with Gasteiger partial charge in [0.2, 0.25) is 0 Å². The number of carbonyl (C=O) groups excluding carboxylic acids is 2. The lowest BCUT2D eigenvalue weighted by atomic mass is 10.1. The van der Waals surface area contributed by atoms with Crippen molar-refractivity contribution in [1.29, 1.82) is 0 Å². The van der Waals surface area contributed by atoms with Gasteiger partial charge in [-0.15, -0.1) is 0 Å². The van der Waals surface area contributed by atoms with Crippen molar-refractivity contribution >= 4 is 45.5 Å². The van der Waals surface area contributed by atoms with Gasteiger partial charge in [0.05, 0.1) is 24.0 Å². The lowest BCUT2D eigenvalue weighted by Gasteiger charge is -2.38. The minimum Gasteiger partial charge on any atom is -0.495 e. The van der Waals surface area contributed by atoms with Crippen LogP contribution in [0.25, 0.3) is 10.8 Å². The Morgan fingerprint density at radius 3 is 2.29 bits per heavy atom. The predicted octanol–water partition coefficient (Wildman–Crippen LogP) is 5.59. The Bertz CT molecular complexity index is 1530. The van der Waals surface area contributed by atoms with Gasteiger partial charge in [-0.05, 0) is 48.2 Å². The Kier molecular flexibility index (Phi) is 9.41. The fraction of sp³-hybridized carbons (Fsp3) is 0.273. The maximum Gasteiger partial charge on any atom is 0.323 e. The van der Waals surface area contributed by atoms with Crippen molar-refractivity contribution < 1.29 is 19.1 Å². The molecule has 0 atom stereocenters. The van der Waals surface area contributed by atoms with E-state index < -0.39 is 0 Å². The Hall–Kier alpha value is -4.76. The van der Waals surface area contributed by atoms with Crippen molar-refractivity contribution in [2.45, 2.75) is 6.42 Å². The minimum absolute atomic E-state index is 0.189. The van der Waals surface area contributed by atoms with Gasteiger partial charge in [-0.2, -0.15) is 0 Å². The first-order valence-corrected chi connectivity index (χ1v) is 14.2. The zero-order valence-corrected chi connectivity index (χ0v) is 24.1. The van der Waals surface area contributed by atoms with Crippen LogP contribution in [0.1, 0.15) is 16.8 Å². The molecule has 0 radical (unpaired) electrons. The molecule has 9 nitrogen and oxygen atoms in total. The first-order valence-electron chi connectivity index (χ1n) is 14.2. The van der Waals surface area contributed by atoms with Gasteiger partial charge in [-0.1, -0.05) is 48.5 Å². The summed E-state index contributed by atoms with van der Waals surface area (Å²) in [5.41, 5.74) is 3.66. The molecule has 4 aromatic carbocycles. The van der Waals surface area contributed by atoms with E-state index in [9.17, 15) is 9.59 Å².